The van der Waals surface area contributed by atoms with E-state index in [1.165, 1.54) is 7.11 Å². The molecule has 6 nitrogen and oxygen atoms in total. The quantitative estimate of drug-likeness (QED) is 0.788. The number of amides is 1. The average molecular weight is 273 g/mol. The van der Waals surface area contributed by atoms with Crippen molar-refractivity contribution in [1.82, 2.24) is 5.32 Å². The average Bonchev–Trinajstić information content (AvgIpc) is 2.35. The molecule has 1 N–H and O–H groups in total. The van der Waals surface area contributed by atoms with E-state index in [2.05, 4.69) is 10.1 Å². The van der Waals surface area contributed by atoms with E-state index in [0.717, 1.165) is 12.8 Å². The molecule has 0 spiro atoms. The summed E-state index contributed by atoms with van der Waals surface area (Å²) in [7, 11) is 1.25. The van der Waals surface area contributed by atoms with Crippen LogP contribution in [0.2, 0.25) is 0 Å². The second kappa shape index (κ2) is 6.75. The van der Waals surface area contributed by atoms with Crippen molar-refractivity contribution in [3.8, 4) is 0 Å². The number of carbonyl (C=O) groups is 2. The Morgan fingerprint density at radius 1 is 1.53 bits per heavy atom. The number of methoxy groups -OCH3 is 1. The van der Waals surface area contributed by atoms with Gasteiger partial charge in [0, 0.05) is 0 Å². The van der Waals surface area contributed by atoms with Crippen molar-refractivity contribution in [2.45, 2.75) is 57.8 Å². The summed E-state index contributed by atoms with van der Waals surface area (Å²) in [4.78, 5) is 23.4. The van der Waals surface area contributed by atoms with Gasteiger partial charge in [-0.2, -0.15) is 0 Å². The van der Waals surface area contributed by atoms with Crippen LogP contribution in [0, 0.1) is 0 Å². The van der Waals surface area contributed by atoms with Crippen molar-refractivity contribution in [3.63, 3.8) is 0 Å². The SMILES string of the molecule is CCOC(=O)[C@@H](NC(=O)OC)[C@@]1(C)CCC[C@@H](C)O1. The second-order valence-corrected chi connectivity index (χ2v) is 4.95. The van der Waals surface area contributed by atoms with Crippen LogP contribution in [0.4, 0.5) is 4.79 Å². The van der Waals surface area contributed by atoms with Gasteiger partial charge in [-0.05, 0) is 40.0 Å². The fraction of sp³-hybridized carbons (Fsp3) is 0.846. The maximum atomic E-state index is 12.0. The summed E-state index contributed by atoms with van der Waals surface area (Å²) < 4.78 is 15.4. The maximum Gasteiger partial charge on any atom is 0.407 e. The molecule has 1 fully saturated rings. The fourth-order valence-corrected chi connectivity index (χ4v) is 2.39. The molecular weight excluding hydrogens is 250 g/mol. The first-order valence-electron chi connectivity index (χ1n) is 6.62. The summed E-state index contributed by atoms with van der Waals surface area (Å²) in [5, 5.41) is 2.52. The summed E-state index contributed by atoms with van der Waals surface area (Å²) in [6.45, 7) is 5.75. The molecule has 1 heterocycles. The summed E-state index contributed by atoms with van der Waals surface area (Å²) in [6, 6.07) is -0.859. The van der Waals surface area contributed by atoms with Crippen LogP contribution in [0.5, 0.6) is 0 Å². The Balaban J connectivity index is 2.87. The molecular formula is C13H23NO5. The fourth-order valence-electron chi connectivity index (χ4n) is 2.39. The van der Waals surface area contributed by atoms with Gasteiger partial charge in [0.1, 0.15) is 0 Å². The molecule has 0 radical (unpaired) electrons. The van der Waals surface area contributed by atoms with Crippen LogP contribution in [-0.4, -0.2) is 43.5 Å². The van der Waals surface area contributed by atoms with Gasteiger partial charge in [-0.3, -0.25) is 0 Å². The van der Waals surface area contributed by atoms with Gasteiger partial charge in [-0.1, -0.05) is 0 Å². The van der Waals surface area contributed by atoms with Crippen molar-refractivity contribution in [3.05, 3.63) is 0 Å². The molecule has 0 aromatic carbocycles. The summed E-state index contributed by atoms with van der Waals surface area (Å²) >= 11 is 0. The van der Waals surface area contributed by atoms with E-state index in [4.69, 9.17) is 9.47 Å². The minimum absolute atomic E-state index is 0.0510. The molecule has 6 heteroatoms. The van der Waals surface area contributed by atoms with Crippen molar-refractivity contribution in [1.29, 1.82) is 0 Å². The minimum Gasteiger partial charge on any atom is -0.464 e. The highest BCUT2D eigenvalue weighted by atomic mass is 16.6. The Morgan fingerprint density at radius 2 is 2.21 bits per heavy atom. The van der Waals surface area contributed by atoms with Crippen LogP contribution in [0.3, 0.4) is 0 Å². The zero-order valence-corrected chi connectivity index (χ0v) is 12.0. The third kappa shape index (κ3) is 4.09. The Hall–Kier alpha value is -1.30. The number of esters is 1. The van der Waals surface area contributed by atoms with E-state index in [1.54, 1.807) is 6.92 Å². The molecule has 19 heavy (non-hydrogen) atoms. The molecule has 3 atom stereocenters. The third-order valence-corrected chi connectivity index (χ3v) is 3.33. The summed E-state index contributed by atoms with van der Waals surface area (Å²) in [5.41, 5.74) is -0.766. The molecule has 1 aliphatic rings. The van der Waals surface area contributed by atoms with Gasteiger partial charge in [-0.25, -0.2) is 9.59 Å². The van der Waals surface area contributed by atoms with Crippen molar-refractivity contribution < 1.29 is 23.8 Å². The van der Waals surface area contributed by atoms with Crippen LogP contribution in [-0.2, 0) is 19.0 Å². The molecule has 0 aromatic heterocycles. The molecule has 1 rings (SSSR count). The predicted octanol–water partition coefficient (Wildman–Crippen LogP) is 1.62. The number of alkyl carbamates (subject to hydrolysis) is 1. The zero-order chi connectivity index (χ0) is 14.5. The number of nitrogens with one attached hydrogen (secondary N) is 1. The summed E-state index contributed by atoms with van der Waals surface area (Å²) in [5.74, 6) is -0.496. The lowest BCUT2D eigenvalue weighted by molar-refractivity contribution is -0.167. The first kappa shape index (κ1) is 15.8. The van der Waals surface area contributed by atoms with Crippen LogP contribution in [0.15, 0.2) is 0 Å². The molecule has 110 valence electrons. The van der Waals surface area contributed by atoms with Crippen LogP contribution in [0.25, 0.3) is 0 Å². The van der Waals surface area contributed by atoms with Gasteiger partial charge in [0.2, 0.25) is 0 Å². The van der Waals surface area contributed by atoms with Crippen LogP contribution in [0.1, 0.15) is 40.0 Å². The standard InChI is InChI=1S/C13H23NO5/c1-5-18-11(15)10(14-12(16)17-4)13(3)8-6-7-9(2)19-13/h9-10H,5-8H2,1-4H3,(H,14,16)/t9-,10-,13-/m1/s1. The minimum atomic E-state index is -0.859. The highest BCUT2D eigenvalue weighted by Gasteiger charge is 2.45. The smallest absolute Gasteiger partial charge is 0.407 e. The number of ether oxygens (including phenoxy) is 3. The van der Waals surface area contributed by atoms with E-state index >= 15 is 0 Å². The molecule has 0 aromatic rings. The first-order valence-corrected chi connectivity index (χ1v) is 6.62. The number of carbonyl (C=O) groups excluding carboxylic acids is 2. The van der Waals surface area contributed by atoms with Crippen molar-refractivity contribution in [2.24, 2.45) is 0 Å². The van der Waals surface area contributed by atoms with Gasteiger partial charge < -0.3 is 19.5 Å². The lowest BCUT2D eigenvalue weighted by Gasteiger charge is -2.41. The Morgan fingerprint density at radius 3 is 2.74 bits per heavy atom. The van der Waals surface area contributed by atoms with Gasteiger partial charge in [0.25, 0.3) is 0 Å². The normalized spacial score (nSPS) is 28.3. The van der Waals surface area contributed by atoms with Crippen molar-refractivity contribution >= 4 is 12.1 Å². The molecule has 0 aliphatic carbocycles. The molecule has 0 bridgehead atoms. The van der Waals surface area contributed by atoms with Crippen molar-refractivity contribution in [2.75, 3.05) is 13.7 Å². The zero-order valence-electron chi connectivity index (χ0n) is 12.0. The van der Waals surface area contributed by atoms with E-state index < -0.39 is 23.7 Å². The number of rotatable bonds is 4. The van der Waals surface area contributed by atoms with E-state index in [9.17, 15) is 9.59 Å². The Kier molecular flexibility index (Phi) is 5.60. The van der Waals surface area contributed by atoms with Gasteiger partial charge in [0.15, 0.2) is 6.04 Å². The highest BCUT2D eigenvalue weighted by Crippen LogP contribution is 2.32. The van der Waals surface area contributed by atoms with Gasteiger partial charge in [-0.15, -0.1) is 0 Å². The summed E-state index contributed by atoms with van der Waals surface area (Å²) in [6.07, 6.45) is 1.96. The largest absolute Gasteiger partial charge is 0.464 e. The molecule has 1 aliphatic heterocycles. The maximum absolute atomic E-state index is 12.0. The molecule has 0 unspecified atom stereocenters. The lowest BCUT2D eigenvalue weighted by atomic mass is 9.86. The monoisotopic (exact) mass is 273 g/mol. The Labute approximate surface area is 113 Å². The first-order chi connectivity index (χ1) is 8.92. The highest BCUT2D eigenvalue weighted by molar-refractivity contribution is 5.82. The van der Waals surface area contributed by atoms with Crippen LogP contribution >= 0.6 is 0 Å². The number of hydrogen-bond acceptors (Lipinski definition) is 5. The molecule has 1 saturated heterocycles. The topological polar surface area (TPSA) is 73.9 Å². The van der Waals surface area contributed by atoms with E-state index in [1.807, 2.05) is 13.8 Å². The lowest BCUT2D eigenvalue weighted by Crippen LogP contribution is -2.59. The van der Waals surface area contributed by atoms with E-state index in [-0.39, 0.29) is 12.7 Å². The molecule has 1 amide bonds. The van der Waals surface area contributed by atoms with Crippen LogP contribution < -0.4 is 5.32 Å². The molecule has 0 saturated carbocycles. The Bertz CT molecular complexity index is 333. The predicted molar refractivity (Wildman–Crippen MR) is 68.8 cm³/mol. The second-order valence-electron chi connectivity index (χ2n) is 4.95. The third-order valence-electron chi connectivity index (χ3n) is 3.33. The number of hydrogen-bond donors (Lipinski definition) is 1. The van der Waals surface area contributed by atoms with E-state index in [0.29, 0.717) is 6.42 Å². The van der Waals surface area contributed by atoms with Gasteiger partial charge in [0.05, 0.1) is 25.4 Å². The van der Waals surface area contributed by atoms with Gasteiger partial charge >= 0.3 is 12.1 Å².